The van der Waals surface area contributed by atoms with Crippen molar-refractivity contribution in [3.63, 3.8) is 0 Å². The van der Waals surface area contributed by atoms with Gasteiger partial charge in [0.1, 0.15) is 5.82 Å². The van der Waals surface area contributed by atoms with E-state index >= 15 is 0 Å². The first-order valence-electron chi connectivity index (χ1n) is 8.66. The quantitative estimate of drug-likeness (QED) is 0.765. The second kappa shape index (κ2) is 7.43. The first kappa shape index (κ1) is 17.0. The van der Waals surface area contributed by atoms with E-state index in [0.717, 1.165) is 43.1 Å². The number of ether oxygens (including phenoxy) is 1. The zero-order valence-electron chi connectivity index (χ0n) is 14.2. The molecule has 0 spiro atoms. The number of hydrogen-bond acceptors (Lipinski definition) is 4. The van der Waals surface area contributed by atoms with Crippen molar-refractivity contribution in [2.45, 2.75) is 25.3 Å². The molecule has 0 atom stereocenters. The van der Waals surface area contributed by atoms with Gasteiger partial charge < -0.3 is 10.1 Å². The van der Waals surface area contributed by atoms with Crippen LogP contribution >= 0.6 is 11.6 Å². The van der Waals surface area contributed by atoms with Crippen LogP contribution in [0.4, 0.5) is 0 Å². The molecule has 0 aliphatic carbocycles. The third-order valence-corrected chi connectivity index (χ3v) is 4.85. The zero-order chi connectivity index (χ0) is 17.9. The first-order valence-corrected chi connectivity index (χ1v) is 9.03. The van der Waals surface area contributed by atoms with Crippen LogP contribution in [0.25, 0.3) is 5.65 Å². The van der Waals surface area contributed by atoms with Crippen molar-refractivity contribution in [1.29, 1.82) is 0 Å². The van der Waals surface area contributed by atoms with Crippen LogP contribution in [0.2, 0.25) is 5.02 Å². The lowest BCUT2D eigenvalue weighted by Gasteiger charge is -2.20. The molecule has 0 bridgehead atoms. The Bertz CT molecular complexity index is 934. The highest BCUT2D eigenvalue weighted by Crippen LogP contribution is 2.26. The second-order valence-corrected chi connectivity index (χ2v) is 6.84. The van der Waals surface area contributed by atoms with E-state index in [-0.39, 0.29) is 5.91 Å². The number of amides is 1. The maximum absolute atomic E-state index is 12.5. The van der Waals surface area contributed by atoms with E-state index in [1.807, 2.05) is 40.9 Å². The van der Waals surface area contributed by atoms with Gasteiger partial charge in [-0.1, -0.05) is 23.7 Å². The van der Waals surface area contributed by atoms with Gasteiger partial charge in [-0.15, -0.1) is 10.2 Å². The molecule has 1 fully saturated rings. The highest BCUT2D eigenvalue weighted by atomic mass is 35.5. The summed E-state index contributed by atoms with van der Waals surface area (Å²) in [5.41, 5.74) is 2.28. The second-order valence-electron chi connectivity index (χ2n) is 6.40. The van der Waals surface area contributed by atoms with Gasteiger partial charge in [-0.25, -0.2) is 0 Å². The molecule has 1 aliphatic heterocycles. The van der Waals surface area contributed by atoms with Crippen LogP contribution in [0.3, 0.4) is 0 Å². The Morgan fingerprint density at radius 2 is 2.08 bits per heavy atom. The van der Waals surface area contributed by atoms with Crippen molar-refractivity contribution >= 4 is 23.2 Å². The third-order valence-electron chi connectivity index (χ3n) is 4.62. The highest BCUT2D eigenvalue weighted by molar-refractivity contribution is 6.30. The third kappa shape index (κ3) is 3.57. The van der Waals surface area contributed by atoms with Gasteiger partial charge in [0.25, 0.3) is 5.91 Å². The molecule has 3 aromatic rings. The van der Waals surface area contributed by atoms with Crippen LogP contribution < -0.4 is 5.32 Å². The molecule has 1 N–H and O–H groups in total. The van der Waals surface area contributed by atoms with E-state index in [4.69, 9.17) is 16.3 Å². The summed E-state index contributed by atoms with van der Waals surface area (Å²) in [6.07, 6.45) is 3.66. The summed E-state index contributed by atoms with van der Waals surface area (Å²) in [7, 11) is 0. The predicted octanol–water partition coefficient (Wildman–Crippen LogP) is 3.21. The summed E-state index contributed by atoms with van der Waals surface area (Å²) in [6.45, 7) is 1.89. The van der Waals surface area contributed by atoms with E-state index in [9.17, 15) is 4.79 Å². The molecular formula is C19H19ClN4O2. The highest BCUT2D eigenvalue weighted by Gasteiger charge is 2.21. The maximum atomic E-state index is 12.5. The van der Waals surface area contributed by atoms with E-state index < -0.39 is 0 Å². The maximum Gasteiger partial charge on any atom is 0.253 e. The van der Waals surface area contributed by atoms with Gasteiger partial charge in [0.15, 0.2) is 5.65 Å². The molecule has 1 aliphatic rings. The molecule has 0 unspecified atom stereocenters. The lowest BCUT2D eigenvalue weighted by atomic mass is 9.99. The van der Waals surface area contributed by atoms with Crippen molar-refractivity contribution < 1.29 is 9.53 Å². The van der Waals surface area contributed by atoms with Crippen LogP contribution in [0.1, 0.15) is 40.5 Å². The number of fused-ring (bicyclic) bond motifs is 1. The Hall–Kier alpha value is -2.44. The Morgan fingerprint density at radius 3 is 2.88 bits per heavy atom. The van der Waals surface area contributed by atoms with Crippen LogP contribution in [0, 0.1) is 0 Å². The smallest absolute Gasteiger partial charge is 0.253 e. The molecule has 0 saturated carbocycles. The minimum absolute atomic E-state index is 0.140. The number of hydrogen-bond donors (Lipinski definition) is 1. The fourth-order valence-corrected chi connectivity index (χ4v) is 3.42. The standard InChI is InChI=1S/C19H19ClN4O2/c20-16-3-1-2-13(10-16)11-21-19(25)15-4-5-17-22-23-18(24(17)12-15)14-6-8-26-9-7-14/h1-5,10,12,14H,6-9,11H2,(H,21,25). The minimum atomic E-state index is -0.140. The summed E-state index contributed by atoms with van der Waals surface area (Å²) in [5, 5.41) is 12.1. The number of carbonyl (C=O) groups excluding carboxylic acids is 1. The van der Waals surface area contributed by atoms with Gasteiger partial charge in [-0.05, 0) is 42.7 Å². The number of benzene rings is 1. The molecule has 26 heavy (non-hydrogen) atoms. The number of nitrogens with zero attached hydrogens (tertiary/aromatic N) is 3. The van der Waals surface area contributed by atoms with E-state index in [2.05, 4.69) is 15.5 Å². The van der Waals surface area contributed by atoms with Crippen molar-refractivity contribution in [3.8, 4) is 0 Å². The van der Waals surface area contributed by atoms with Gasteiger partial charge in [0, 0.05) is 36.9 Å². The van der Waals surface area contributed by atoms with Gasteiger partial charge in [0.2, 0.25) is 0 Å². The van der Waals surface area contributed by atoms with Crippen molar-refractivity contribution in [2.75, 3.05) is 13.2 Å². The fraction of sp³-hybridized carbons (Fsp3) is 0.316. The number of rotatable bonds is 4. The number of halogens is 1. The van der Waals surface area contributed by atoms with E-state index in [1.54, 1.807) is 6.07 Å². The SMILES string of the molecule is O=C(NCc1cccc(Cl)c1)c1ccc2nnc(C3CCOCC3)n2c1. The lowest BCUT2D eigenvalue weighted by Crippen LogP contribution is -2.23. The molecule has 3 heterocycles. The van der Waals surface area contributed by atoms with E-state index in [0.29, 0.717) is 23.0 Å². The Balaban J connectivity index is 1.53. The average Bonchev–Trinajstić information content (AvgIpc) is 3.10. The fourth-order valence-electron chi connectivity index (χ4n) is 3.21. The number of carbonyl (C=O) groups is 1. The average molecular weight is 371 g/mol. The molecule has 1 aromatic carbocycles. The molecule has 4 rings (SSSR count). The number of nitrogens with one attached hydrogen (secondary N) is 1. The van der Waals surface area contributed by atoms with Crippen LogP contribution in [-0.2, 0) is 11.3 Å². The molecular weight excluding hydrogens is 352 g/mol. The Morgan fingerprint density at radius 1 is 1.23 bits per heavy atom. The lowest BCUT2D eigenvalue weighted by molar-refractivity contribution is 0.0833. The summed E-state index contributed by atoms with van der Waals surface area (Å²) in [5.74, 6) is 1.06. The summed E-state index contributed by atoms with van der Waals surface area (Å²) < 4.78 is 7.34. The minimum Gasteiger partial charge on any atom is -0.381 e. The molecule has 1 saturated heterocycles. The molecule has 0 radical (unpaired) electrons. The Kier molecular flexibility index (Phi) is 4.86. The van der Waals surface area contributed by atoms with Crippen molar-refractivity contribution in [1.82, 2.24) is 19.9 Å². The topological polar surface area (TPSA) is 68.5 Å². The molecule has 134 valence electrons. The first-order chi connectivity index (χ1) is 12.7. The summed E-state index contributed by atoms with van der Waals surface area (Å²) in [6, 6.07) is 11.0. The zero-order valence-corrected chi connectivity index (χ0v) is 14.9. The molecule has 2 aromatic heterocycles. The van der Waals surface area contributed by atoms with Gasteiger partial charge >= 0.3 is 0 Å². The van der Waals surface area contributed by atoms with Crippen molar-refractivity contribution in [3.05, 3.63) is 64.6 Å². The van der Waals surface area contributed by atoms with Gasteiger partial charge in [-0.2, -0.15) is 0 Å². The largest absolute Gasteiger partial charge is 0.381 e. The number of pyridine rings is 1. The number of aromatic nitrogens is 3. The molecule has 7 heteroatoms. The van der Waals surface area contributed by atoms with Crippen molar-refractivity contribution in [2.24, 2.45) is 0 Å². The monoisotopic (exact) mass is 370 g/mol. The van der Waals surface area contributed by atoms with Crippen LogP contribution in [0.15, 0.2) is 42.6 Å². The summed E-state index contributed by atoms with van der Waals surface area (Å²) in [4.78, 5) is 12.5. The van der Waals surface area contributed by atoms with E-state index in [1.165, 1.54) is 0 Å². The molecule has 1 amide bonds. The van der Waals surface area contributed by atoms with Crippen LogP contribution in [-0.4, -0.2) is 33.7 Å². The van der Waals surface area contributed by atoms with Gasteiger partial charge in [0.05, 0.1) is 5.56 Å². The van der Waals surface area contributed by atoms with Gasteiger partial charge in [-0.3, -0.25) is 9.20 Å². The normalized spacial score (nSPS) is 15.3. The van der Waals surface area contributed by atoms with Crippen LogP contribution in [0.5, 0.6) is 0 Å². The predicted molar refractivity (Wildman–Crippen MR) is 98.4 cm³/mol. The molecule has 6 nitrogen and oxygen atoms in total. The Labute approximate surface area is 156 Å². The summed E-state index contributed by atoms with van der Waals surface area (Å²) >= 11 is 5.98.